The summed E-state index contributed by atoms with van der Waals surface area (Å²) in [7, 11) is 0. The lowest BCUT2D eigenvalue weighted by molar-refractivity contribution is -0.137. The number of nitrogens with zero attached hydrogens (tertiary/aromatic N) is 4. The van der Waals surface area contributed by atoms with E-state index in [1.165, 1.54) is 28.2 Å². The summed E-state index contributed by atoms with van der Waals surface area (Å²) in [6.07, 6.45) is 6.33. The Morgan fingerprint density at radius 2 is 1.63 bits per heavy atom. The molecule has 2 atom stereocenters. The Morgan fingerprint density at radius 1 is 0.918 bits per heavy atom. The van der Waals surface area contributed by atoms with E-state index >= 15 is 0 Å². The standard InChI is InChI=1S/C38H35N5O6/c1-22-5-9-27(10-6-22)32-18-15-30(19-23(32)2)37-41-35(42-49-37)28-11-7-26(8-12-28)20-43(21-33(44)45)38(47)29-13-16-31(17-14-29)40-36(46)34-24(3)48-25(4)39-34/h5-19,23,32H,20-21H2,1-4H3,(H,40,46)(H,44,45). The van der Waals surface area contributed by atoms with Crippen molar-refractivity contribution in [2.24, 2.45) is 5.92 Å². The largest absolute Gasteiger partial charge is 0.480 e. The maximum atomic E-state index is 13.4. The van der Waals surface area contributed by atoms with E-state index in [1.807, 2.05) is 18.2 Å². The fourth-order valence-corrected chi connectivity index (χ4v) is 5.78. The Labute approximate surface area is 283 Å². The van der Waals surface area contributed by atoms with Crippen LogP contribution < -0.4 is 5.32 Å². The van der Waals surface area contributed by atoms with Crippen LogP contribution in [0.4, 0.5) is 5.69 Å². The number of oxazole rings is 1. The average molecular weight is 658 g/mol. The fourth-order valence-electron chi connectivity index (χ4n) is 5.78. The second kappa shape index (κ2) is 13.9. The van der Waals surface area contributed by atoms with Crippen molar-refractivity contribution in [2.45, 2.75) is 40.2 Å². The van der Waals surface area contributed by atoms with Crippen LogP contribution >= 0.6 is 0 Å². The van der Waals surface area contributed by atoms with Crippen LogP contribution in [0.5, 0.6) is 0 Å². The van der Waals surface area contributed by atoms with Gasteiger partial charge in [-0.15, -0.1) is 0 Å². The summed E-state index contributed by atoms with van der Waals surface area (Å²) in [6.45, 7) is 7.11. The molecule has 11 heteroatoms. The van der Waals surface area contributed by atoms with E-state index in [2.05, 4.69) is 70.7 Å². The van der Waals surface area contributed by atoms with Crippen LogP contribution in [0.3, 0.4) is 0 Å². The molecule has 0 aliphatic heterocycles. The lowest BCUT2D eigenvalue weighted by Gasteiger charge is -2.22. The fraction of sp³-hybridized carbons (Fsp3) is 0.211. The molecule has 6 rings (SSSR count). The first-order chi connectivity index (χ1) is 23.5. The molecule has 0 spiro atoms. The average Bonchev–Trinajstić information content (AvgIpc) is 3.71. The van der Waals surface area contributed by atoms with Crippen molar-refractivity contribution in [2.75, 3.05) is 11.9 Å². The van der Waals surface area contributed by atoms with Gasteiger partial charge in [-0.2, -0.15) is 4.98 Å². The quantitative estimate of drug-likeness (QED) is 0.162. The molecule has 11 nitrogen and oxygen atoms in total. The number of hydrogen-bond acceptors (Lipinski definition) is 8. The number of nitrogens with one attached hydrogen (secondary N) is 1. The Balaban J connectivity index is 1.10. The molecular formula is C38H35N5O6. The Kier molecular flexibility index (Phi) is 9.34. The van der Waals surface area contributed by atoms with Gasteiger partial charge >= 0.3 is 5.97 Å². The molecule has 3 aromatic carbocycles. The molecule has 2 amide bonds. The third kappa shape index (κ3) is 7.57. The lowest BCUT2D eigenvalue weighted by atomic mass is 9.82. The summed E-state index contributed by atoms with van der Waals surface area (Å²) in [6, 6.07) is 22.0. The minimum Gasteiger partial charge on any atom is -0.480 e. The molecule has 0 saturated carbocycles. The molecule has 1 aliphatic carbocycles. The molecule has 2 unspecified atom stereocenters. The molecule has 0 fully saturated rings. The van der Waals surface area contributed by atoms with E-state index in [9.17, 15) is 19.5 Å². The van der Waals surface area contributed by atoms with Gasteiger partial charge < -0.3 is 24.3 Å². The smallest absolute Gasteiger partial charge is 0.323 e. The predicted octanol–water partition coefficient (Wildman–Crippen LogP) is 7.00. The third-order valence-corrected chi connectivity index (χ3v) is 8.33. The van der Waals surface area contributed by atoms with Crippen molar-refractivity contribution in [3.05, 3.63) is 137 Å². The Morgan fingerprint density at radius 3 is 2.27 bits per heavy atom. The zero-order chi connectivity index (χ0) is 34.7. The second-order valence-corrected chi connectivity index (χ2v) is 12.1. The highest BCUT2D eigenvalue weighted by Gasteiger charge is 2.23. The number of aliphatic carboxylic acids is 1. The monoisotopic (exact) mass is 657 g/mol. The van der Waals surface area contributed by atoms with Gasteiger partial charge in [0.05, 0.1) is 0 Å². The summed E-state index contributed by atoms with van der Waals surface area (Å²) < 4.78 is 10.9. The van der Waals surface area contributed by atoms with Crippen LogP contribution in [0.1, 0.15) is 67.9 Å². The Bertz CT molecular complexity index is 2060. The van der Waals surface area contributed by atoms with E-state index in [1.54, 1.807) is 38.1 Å². The first kappa shape index (κ1) is 32.8. The number of anilines is 1. The van der Waals surface area contributed by atoms with Crippen LogP contribution in [0, 0.1) is 26.7 Å². The molecule has 49 heavy (non-hydrogen) atoms. The number of aryl methyl sites for hydroxylation is 3. The van der Waals surface area contributed by atoms with Crippen LogP contribution in [0.2, 0.25) is 0 Å². The van der Waals surface area contributed by atoms with Crippen molar-refractivity contribution < 1.29 is 28.4 Å². The van der Waals surface area contributed by atoms with E-state index < -0.39 is 24.3 Å². The van der Waals surface area contributed by atoms with Gasteiger partial charge in [-0.05, 0) is 55.2 Å². The number of carboxylic acid groups (broad SMARTS) is 1. The molecule has 0 bridgehead atoms. The number of carbonyl (C=O) groups excluding carboxylic acids is 2. The summed E-state index contributed by atoms with van der Waals surface area (Å²) in [5.41, 5.74) is 5.69. The predicted molar refractivity (Wildman–Crippen MR) is 183 cm³/mol. The van der Waals surface area contributed by atoms with Crippen molar-refractivity contribution in [3.63, 3.8) is 0 Å². The highest BCUT2D eigenvalue weighted by molar-refractivity contribution is 6.04. The number of rotatable bonds is 10. The summed E-state index contributed by atoms with van der Waals surface area (Å²) in [5.74, 6) is 0.0855. The topological polar surface area (TPSA) is 152 Å². The highest BCUT2D eigenvalue weighted by atomic mass is 16.5. The number of benzene rings is 3. The van der Waals surface area contributed by atoms with Crippen molar-refractivity contribution in [1.82, 2.24) is 20.0 Å². The number of hydrogen-bond donors (Lipinski definition) is 2. The Hall–Kier alpha value is -6.10. The molecule has 1 aliphatic rings. The normalized spacial score (nSPS) is 15.5. The summed E-state index contributed by atoms with van der Waals surface area (Å²) in [4.78, 5) is 47.6. The second-order valence-electron chi connectivity index (χ2n) is 12.1. The summed E-state index contributed by atoms with van der Waals surface area (Å²) in [5, 5.41) is 16.5. The minimum absolute atomic E-state index is 0.0594. The number of amides is 2. The first-order valence-electron chi connectivity index (χ1n) is 15.8. The van der Waals surface area contributed by atoms with Gasteiger partial charge in [0.1, 0.15) is 12.3 Å². The molecule has 2 heterocycles. The van der Waals surface area contributed by atoms with Crippen LogP contribution in [-0.4, -0.2) is 49.5 Å². The van der Waals surface area contributed by atoms with E-state index in [4.69, 9.17) is 8.94 Å². The summed E-state index contributed by atoms with van der Waals surface area (Å²) >= 11 is 0. The van der Waals surface area contributed by atoms with Crippen molar-refractivity contribution >= 4 is 29.0 Å². The van der Waals surface area contributed by atoms with Crippen LogP contribution in [0.25, 0.3) is 17.0 Å². The maximum Gasteiger partial charge on any atom is 0.323 e. The van der Waals surface area contributed by atoms with Gasteiger partial charge in [-0.1, -0.05) is 84.4 Å². The molecule has 2 aromatic heterocycles. The lowest BCUT2D eigenvalue weighted by Crippen LogP contribution is -2.35. The van der Waals surface area contributed by atoms with Gasteiger partial charge in [0.25, 0.3) is 17.7 Å². The number of aromatic nitrogens is 3. The van der Waals surface area contributed by atoms with Crippen molar-refractivity contribution in [1.29, 1.82) is 0 Å². The minimum atomic E-state index is -1.14. The molecule has 248 valence electrons. The van der Waals surface area contributed by atoms with Gasteiger partial charge in [0, 0.05) is 41.8 Å². The third-order valence-electron chi connectivity index (χ3n) is 8.33. The van der Waals surface area contributed by atoms with E-state index in [0.717, 1.165) is 16.7 Å². The molecule has 5 aromatic rings. The number of carbonyl (C=O) groups is 3. The zero-order valence-electron chi connectivity index (χ0n) is 27.5. The molecule has 0 saturated heterocycles. The SMILES string of the molecule is Cc1ccc(C2C=CC(c3nc(-c4ccc(CN(CC(=O)O)C(=O)c5ccc(NC(=O)c6nc(C)oc6C)cc5)cc4)no3)=CC2C)cc1. The van der Waals surface area contributed by atoms with Gasteiger partial charge in [-0.3, -0.25) is 14.4 Å². The van der Waals surface area contributed by atoms with Gasteiger partial charge in [0.15, 0.2) is 11.6 Å². The number of carboxylic acids is 1. The number of allylic oxidation sites excluding steroid dienone is 4. The van der Waals surface area contributed by atoms with Gasteiger partial charge in [0.2, 0.25) is 5.82 Å². The molecule has 2 N–H and O–H groups in total. The molecular weight excluding hydrogens is 622 g/mol. The first-order valence-corrected chi connectivity index (χ1v) is 15.8. The zero-order valence-corrected chi connectivity index (χ0v) is 27.5. The van der Waals surface area contributed by atoms with E-state index in [0.29, 0.717) is 29.1 Å². The van der Waals surface area contributed by atoms with E-state index in [-0.39, 0.29) is 29.6 Å². The van der Waals surface area contributed by atoms with Crippen molar-refractivity contribution in [3.8, 4) is 11.4 Å². The molecule has 0 radical (unpaired) electrons. The van der Waals surface area contributed by atoms with Gasteiger partial charge in [-0.25, -0.2) is 4.98 Å². The highest BCUT2D eigenvalue weighted by Crippen LogP contribution is 2.35. The maximum absolute atomic E-state index is 13.4. The van der Waals surface area contributed by atoms with Crippen LogP contribution in [-0.2, 0) is 11.3 Å². The van der Waals surface area contributed by atoms with Crippen LogP contribution in [0.15, 0.2) is 100.0 Å².